The van der Waals surface area contributed by atoms with E-state index in [0.29, 0.717) is 28.4 Å². The third-order valence-corrected chi connectivity index (χ3v) is 6.51. The van der Waals surface area contributed by atoms with Crippen LogP contribution in [0.2, 0.25) is 0 Å². The highest BCUT2D eigenvalue weighted by atomic mass is 32.2. The summed E-state index contributed by atoms with van der Waals surface area (Å²) in [6.07, 6.45) is 7.84. The first kappa shape index (κ1) is 23.0. The number of sulfone groups is 1. The van der Waals surface area contributed by atoms with Crippen LogP contribution in [0.25, 0.3) is 16.7 Å². The molecule has 1 aromatic carbocycles. The average molecular weight is 474 g/mol. The molecular formula is C22H27N5O5S. The maximum atomic E-state index is 11.8. The number of aromatic nitrogens is 3. The standard InChI is InChI=1S/C22H27N5O5S/c1-32-18-5-3-4-17-20(18)16(21(28)29)12-27(17)19-10-11-23-22(26-19)25-15-8-6-14(7-9-15)24-13-33(2,30)31/h3-5,10-12,14-15,24H,6-9,13H2,1-2H3,(H,28,29)(H,23,25,26). The molecule has 0 saturated heterocycles. The fourth-order valence-electron chi connectivity index (χ4n) is 4.22. The molecule has 0 atom stereocenters. The van der Waals surface area contributed by atoms with Gasteiger partial charge in [0.2, 0.25) is 5.95 Å². The molecule has 10 nitrogen and oxygen atoms in total. The van der Waals surface area contributed by atoms with Crippen LogP contribution in [0.3, 0.4) is 0 Å². The van der Waals surface area contributed by atoms with Crippen molar-refractivity contribution in [1.29, 1.82) is 0 Å². The van der Waals surface area contributed by atoms with Gasteiger partial charge in [-0.2, -0.15) is 4.98 Å². The molecule has 0 aliphatic heterocycles. The fourth-order valence-corrected chi connectivity index (χ4v) is 4.76. The number of rotatable bonds is 8. The highest BCUT2D eigenvalue weighted by Gasteiger charge is 2.23. The first-order valence-corrected chi connectivity index (χ1v) is 12.7. The van der Waals surface area contributed by atoms with Gasteiger partial charge in [-0.15, -0.1) is 0 Å². The summed E-state index contributed by atoms with van der Waals surface area (Å²) >= 11 is 0. The minimum atomic E-state index is -3.03. The SMILES string of the molecule is COc1cccc2c1c(C(=O)O)cn2-c1ccnc(NC2CCC(NCS(C)(=O)=O)CC2)n1. The van der Waals surface area contributed by atoms with E-state index in [9.17, 15) is 18.3 Å². The van der Waals surface area contributed by atoms with Crippen LogP contribution in [0.5, 0.6) is 5.75 Å². The van der Waals surface area contributed by atoms with Crippen molar-refractivity contribution in [1.82, 2.24) is 19.9 Å². The van der Waals surface area contributed by atoms with Crippen LogP contribution < -0.4 is 15.4 Å². The number of carbonyl (C=O) groups is 1. The average Bonchev–Trinajstić information content (AvgIpc) is 3.19. The molecule has 2 heterocycles. The number of hydrogen-bond donors (Lipinski definition) is 3. The third kappa shape index (κ3) is 5.25. The second-order valence-electron chi connectivity index (χ2n) is 8.28. The van der Waals surface area contributed by atoms with Gasteiger partial charge in [-0.25, -0.2) is 18.2 Å². The van der Waals surface area contributed by atoms with Crippen molar-refractivity contribution in [2.45, 2.75) is 37.8 Å². The van der Waals surface area contributed by atoms with Crippen molar-refractivity contribution in [2.75, 3.05) is 24.6 Å². The summed E-state index contributed by atoms with van der Waals surface area (Å²) in [6, 6.07) is 7.44. The van der Waals surface area contributed by atoms with E-state index in [0.717, 1.165) is 25.7 Å². The predicted octanol–water partition coefficient (Wildman–Crippen LogP) is 2.44. The summed E-state index contributed by atoms with van der Waals surface area (Å²) in [5, 5.41) is 16.7. The Kier molecular flexibility index (Phi) is 6.52. The van der Waals surface area contributed by atoms with Crippen LogP contribution in [-0.4, -0.2) is 65.4 Å². The van der Waals surface area contributed by atoms with Gasteiger partial charge in [0.25, 0.3) is 0 Å². The molecule has 1 aliphatic carbocycles. The second-order valence-corrected chi connectivity index (χ2v) is 10.4. The molecule has 0 unspecified atom stereocenters. The molecule has 0 bridgehead atoms. The number of carboxylic acids is 1. The summed E-state index contributed by atoms with van der Waals surface area (Å²) in [6.45, 7) is 0. The molecule has 176 valence electrons. The number of ether oxygens (including phenoxy) is 1. The Labute approximate surface area is 191 Å². The van der Waals surface area contributed by atoms with Gasteiger partial charge in [0.15, 0.2) is 9.84 Å². The maximum Gasteiger partial charge on any atom is 0.338 e. The Balaban J connectivity index is 1.52. The number of hydrogen-bond acceptors (Lipinski definition) is 8. The van der Waals surface area contributed by atoms with Crippen molar-refractivity contribution in [3.63, 3.8) is 0 Å². The smallest absolute Gasteiger partial charge is 0.338 e. The molecule has 4 rings (SSSR count). The number of aromatic carboxylic acids is 1. The maximum absolute atomic E-state index is 11.8. The van der Waals surface area contributed by atoms with Gasteiger partial charge in [-0.3, -0.25) is 0 Å². The Hall–Kier alpha value is -3.18. The van der Waals surface area contributed by atoms with Crippen LogP contribution in [0.15, 0.2) is 36.7 Å². The highest BCUT2D eigenvalue weighted by molar-refractivity contribution is 7.90. The van der Waals surface area contributed by atoms with Crippen molar-refractivity contribution in [2.24, 2.45) is 0 Å². The number of benzene rings is 1. The molecule has 0 spiro atoms. The van der Waals surface area contributed by atoms with E-state index in [-0.39, 0.29) is 23.5 Å². The number of anilines is 1. The normalized spacial score (nSPS) is 18.8. The van der Waals surface area contributed by atoms with Gasteiger partial charge in [0.05, 0.1) is 29.5 Å². The van der Waals surface area contributed by atoms with E-state index in [1.807, 2.05) is 6.07 Å². The summed E-state index contributed by atoms with van der Waals surface area (Å²) in [5.41, 5.74) is 0.810. The lowest BCUT2D eigenvalue weighted by Crippen LogP contribution is -2.39. The zero-order valence-corrected chi connectivity index (χ0v) is 19.3. The molecule has 1 saturated carbocycles. The Morgan fingerprint density at radius 1 is 1.21 bits per heavy atom. The number of carboxylic acid groups (broad SMARTS) is 1. The lowest BCUT2D eigenvalue weighted by molar-refractivity contribution is 0.0698. The van der Waals surface area contributed by atoms with Gasteiger partial charge >= 0.3 is 5.97 Å². The predicted molar refractivity (Wildman–Crippen MR) is 125 cm³/mol. The lowest BCUT2D eigenvalue weighted by atomic mass is 9.91. The molecule has 2 aromatic heterocycles. The lowest BCUT2D eigenvalue weighted by Gasteiger charge is -2.29. The molecule has 3 aromatic rings. The van der Waals surface area contributed by atoms with E-state index >= 15 is 0 Å². The van der Waals surface area contributed by atoms with Crippen molar-refractivity contribution >= 4 is 32.7 Å². The zero-order chi connectivity index (χ0) is 23.6. The highest BCUT2D eigenvalue weighted by Crippen LogP contribution is 2.32. The number of nitrogens with one attached hydrogen (secondary N) is 2. The van der Waals surface area contributed by atoms with E-state index < -0.39 is 15.8 Å². The molecule has 1 fully saturated rings. The summed E-state index contributed by atoms with van der Waals surface area (Å²) < 4.78 is 29.8. The third-order valence-electron chi connectivity index (χ3n) is 5.82. The van der Waals surface area contributed by atoms with Gasteiger partial charge in [0.1, 0.15) is 11.6 Å². The van der Waals surface area contributed by atoms with Gasteiger partial charge < -0.3 is 25.0 Å². The van der Waals surface area contributed by atoms with Crippen molar-refractivity contribution in [3.05, 3.63) is 42.2 Å². The van der Waals surface area contributed by atoms with Crippen LogP contribution in [0.1, 0.15) is 36.0 Å². The van der Waals surface area contributed by atoms with Crippen LogP contribution in [0, 0.1) is 0 Å². The van der Waals surface area contributed by atoms with E-state index in [1.165, 1.54) is 13.4 Å². The molecular weight excluding hydrogens is 446 g/mol. The van der Waals surface area contributed by atoms with Crippen molar-refractivity contribution in [3.8, 4) is 11.6 Å². The minimum Gasteiger partial charge on any atom is -0.496 e. The largest absolute Gasteiger partial charge is 0.496 e. The first-order valence-electron chi connectivity index (χ1n) is 10.7. The van der Waals surface area contributed by atoms with Crippen LogP contribution in [0.4, 0.5) is 5.95 Å². The topological polar surface area (TPSA) is 135 Å². The number of fused-ring (bicyclic) bond motifs is 1. The first-order chi connectivity index (χ1) is 15.7. The van der Waals surface area contributed by atoms with E-state index in [2.05, 4.69) is 20.6 Å². The number of methoxy groups -OCH3 is 1. The Bertz CT molecular complexity index is 1270. The molecule has 0 amide bonds. The quantitative estimate of drug-likeness (QED) is 0.451. The Morgan fingerprint density at radius 2 is 1.94 bits per heavy atom. The van der Waals surface area contributed by atoms with E-state index in [1.54, 1.807) is 35.2 Å². The summed E-state index contributed by atoms with van der Waals surface area (Å²) in [5.74, 6) is 0.437. The van der Waals surface area contributed by atoms with Gasteiger partial charge in [-0.05, 0) is 43.9 Å². The van der Waals surface area contributed by atoms with Gasteiger partial charge in [-0.1, -0.05) is 6.07 Å². The van der Waals surface area contributed by atoms with Crippen LogP contribution in [-0.2, 0) is 9.84 Å². The molecule has 0 radical (unpaired) electrons. The van der Waals surface area contributed by atoms with Crippen LogP contribution >= 0.6 is 0 Å². The number of nitrogens with zero attached hydrogens (tertiary/aromatic N) is 3. The fraction of sp³-hybridized carbons (Fsp3) is 0.409. The summed E-state index contributed by atoms with van der Waals surface area (Å²) in [4.78, 5) is 20.8. The zero-order valence-electron chi connectivity index (χ0n) is 18.5. The molecule has 33 heavy (non-hydrogen) atoms. The molecule has 11 heteroatoms. The Morgan fingerprint density at radius 3 is 2.61 bits per heavy atom. The minimum absolute atomic E-state index is 0.00510. The second kappa shape index (κ2) is 9.36. The van der Waals surface area contributed by atoms with Gasteiger partial charge in [0, 0.05) is 30.7 Å². The van der Waals surface area contributed by atoms with Crippen molar-refractivity contribution < 1.29 is 23.1 Å². The summed E-state index contributed by atoms with van der Waals surface area (Å²) in [7, 11) is -1.52. The monoisotopic (exact) mass is 473 g/mol. The van der Waals surface area contributed by atoms with E-state index in [4.69, 9.17) is 4.74 Å². The molecule has 1 aliphatic rings. The molecule has 3 N–H and O–H groups in total.